The highest BCUT2D eigenvalue weighted by atomic mass is 16.2. The molecule has 4 aliphatic heterocycles. The monoisotopic (exact) mass is 348 g/mol. The Morgan fingerprint density at radius 1 is 0.880 bits per heavy atom. The van der Waals surface area contributed by atoms with Crippen molar-refractivity contribution in [3.05, 3.63) is 0 Å². The van der Waals surface area contributed by atoms with Crippen LogP contribution in [0.5, 0.6) is 0 Å². The fourth-order valence-corrected chi connectivity index (χ4v) is 4.75. The lowest BCUT2D eigenvalue weighted by molar-refractivity contribution is -0.139. The van der Waals surface area contributed by atoms with Crippen molar-refractivity contribution in [3.63, 3.8) is 0 Å². The van der Waals surface area contributed by atoms with E-state index >= 15 is 0 Å². The van der Waals surface area contributed by atoms with Crippen molar-refractivity contribution in [2.75, 3.05) is 0 Å². The molecule has 4 amide bonds. The number of carbonyl (C=O) groups excluding carboxylic acids is 4. The largest absolute Gasteiger partial charge is 0.351 e. The van der Waals surface area contributed by atoms with Gasteiger partial charge in [0.25, 0.3) is 0 Å². The number of hydrogen-bond acceptors (Lipinski definition) is 4. The van der Waals surface area contributed by atoms with E-state index < -0.39 is 6.04 Å². The molecule has 4 atom stereocenters. The number of carbonyl (C=O) groups is 4. The third kappa shape index (κ3) is 3.09. The van der Waals surface area contributed by atoms with Gasteiger partial charge in [-0.1, -0.05) is 0 Å². The average Bonchev–Trinajstić information content (AvgIpc) is 3.26. The zero-order valence-electron chi connectivity index (χ0n) is 14.1. The van der Waals surface area contributed by atoms with Crippen LogP contribution in [0.4, 0.5) is 0 Å². The van der Waals surface area contributed by atoms with Crippen LogP contribution in [-0.2, 0) is 19.2 Å². The molecule has 8 nitrogen and oxygen atoms in total. The molecule has 0 saturated carbocycles. The number of nitrogens with zero attached hydrogens (tertiary/aromatic N) is 1. The Hall–Kier alpha value is -2.12. The summed E-state index contributed by atoms with van der Waals surface area (Å²) in [5.41, 5.74) is 0. The second-order valence-corrected chi connectivity index (χ2v) is 7.62. The molecule has 0 aliphatic carbocycles. The van der Waals surface area contributed by atoms with E-state index in [-0.39, 0.29) is 47.8 Å². The van der Waals surface area contributed by atoms with Gasteiger partial charge in [0, 0.05) is 31.0 Å². The molecule has 4 rings (SSSR count). The molecule has 2 unspecified atom stereocenters. The SMILES string of the molecule is O=C1CC[C@@H](C(=O)NC2CC3CCC(C2)N3C(=O)[C@@H]2CCC(=O)N2)N1. The van der Waals surface area contributed by atoms with Gasteiger partial charge in [0.2, 0.25) is 23.6 Å². The molecule has 0 aromatic rings. The lowest BCUT2D eigenvalue weighted by Crippen LogP contribution is -2.57. The molecule has 25 heavy (non-hydrogen) atoms. The summed E-state index contributed by atoms with van der Waals surface area (Å²) in [6.07, 6.45) is 5.35. The molecule has 4 aliphatic rings. The van der Waals surface area contributed by atoms with Gasteiger partial charge in [0.05, 0.1) is 0 Å². The van der Waals surface area contributed by atoms with Crippen LogP contribution in [0.2, 0.25) is 0 Å². The van der Waals surface area contributed by atoms with Gasteiger partial charge in [0.15, 0.2) is 0 Å². The molecule has 8 heteroatoms. The van der Waals surface area contributed by atoms with Crippen molar-refractivity contribution in [3.8, 4) is 0 Å². The first kappa shape index (κ1) is 16.4. The van der Waals surface area contributed by atoms with Crippen LogP contribution in [0.3, 0.4) is 0 Å². The lowest BCUT2D eigenvalue weighted by atomic mass is 9.95. The second kappa shape index (κ2) is 6.31. The number of amides is 4. The number of nitrogens with one attached hydrogen (secondary N) is 3. The van der Waals surface area contributed by atoms with Gasteiger partial charge in [-0.15, -0.1) is 0 Å². The minimum atomic E-state index is -0.418. The maximum atomic E-state index is 12.8. The number of fused-ring (bicyclic) bond motifs is 2. The van der Waals surface area contributed by atoms with Gasteiger partial charge in [0.1, 0.15) is 12.1 Å². The molecule has 0 spiro atoms. The number of hydrogen-bond donors (Lipinski definition) is 3. The van der Waals surface area contributed by atoms with Gasteiger partial charge in [-0.3, -0.25) is 19.2 Å². The highest BCUT2D eigenvalue weighted by Crippen LogP contribution is 2.36. The van der Waals surface area contributed by atoms with E-state index in [4.69, 9.17) is 0 Å². The summed E-state index contributed by atoms with van der Waals surface area (Å²) in [7, 11) is 0. The first-order valence-electron chi connectivity index (χ1n) is 9.22. The molecule has 4 saturated heterocycles. The quantitative estimate of drug-likeness (QED) is 0.619. The van der Waals surface area contributed by atoms with Gasteiger partial charge < -0.3 is 20.9 Å². The molecule has 0 radical (unpaired) electrons. The number of rotatable bonds is 3. The van der Waals surface area contributed by atoms with Gasteiger partial charge in [-0.2, -0.15) is 0 Å². The van der Waals surface area contributed by atoms with Crippen LogP contribution >= 0.6 is 0 Å². The summed E-state index contributed by atoms with van der Waals surface area (Å²) in [5, 5.41) is 8.52. The standard InChI is InChI=1S/C17H24N4O4/c22-14-5-3-12(19-14)16(24)18-9-7-10-1-2-11(8-9)21(10)17(25)13-4-6-15(23)20-13/h9-13H,1-8H2,(H,18,24)(H,19,22)(H,20,23)/t9?,10?,11?,12-,13-/m0/s1. The maximum absolute atomic E-state index is 12.8. The van der Waals surface area contributed by atoms with Crippen molar-refractivity contribution >= 4 is 23.6 Å². The second-order valence-electron chi connectivity index (χ2n) is 7.62. The average molecular weight is 348 g/mol. The van der Waals surface area contributed by atoms with Gasteiger partial charge in [-0.25, -0.2) is 0 Å². The Kier molecular flexibility index (Phi) is 4.13. The Morgan fingerprint density at radius 3 is 1.96 bits per heavy atom. The summed E-state index contributed by atoms with van der Waals surface area (Å²) in [5.74, 6) is -0.199. The summed E-state index contributed by atoms with van der Waals surface area (Å²) in [6, 6.07) is -0.488. The molecular weight excluding hydrogens is 324 g/mol. The van der Waals surface area contributed by atoms with Crippen molar-refractivity contribution in [1.29, 1.82) is 0 Å². The van der Waals surface area contributed by atoms with Crippen molar-refractivity contribution < 1.29 is 19.2 Å². The van der Waals surface area contributed by atoms with Crippen molar-refractivity contribution in [1.82, 2.24) is 20.9 Å². The molecule has 3 N–H and O–H groups in total. The summed E-state index contributed by atoms with van der Waals surface area (Å²) < 4.78 is 0. The highest BCUT2D eigenvalue weighted by molar-refractivity contribution is 5.92. The smallest absolute Gasteiger partial charge is 0.245 e. The summed E-state index contributed by atoms with van der Waals surface area (Å²) in [6.45, 7) is 0. The van der Waals surface area contributed by atoms with Crippen molar-refractivity contribution in [2.24, 2.45) is 0 Å². The van der Waals surface area contributed by atoms with E-state index in [1.54, 1.807) is 0 Å². The predicted molar refractivity (Wildman–Crippen MR) is 87.2 cm³/mol. The third-order valence-corrected chi connectivity index (χ3v) is 5.94. The maximum Gasteiger partial charge on any atom is 0.245 e. The third-order valence-electron chi connectivity index (χ3n) is 5.94. The highest BCUT2D eigenvalue weighted by Gasteiger charge is 2.46. The zero-order valence-corrected chi connectivity index (χ0v) is 14.1. The van der Waals surface area contributed by atoms with Crippen LogP contribution in [-0.4, -0.2) is 58.7 Å². The lowest BCUT2D eigenvalue weighted by Gasteiger charge is -2.40. The molecule has 0 aromatic carbocycles. The molecule has 4 fully saturated rings. The van der Waals surface area contributed by atoms with Gasteiger partial charge in [-0.05, 0) is 38.5 Å². The molecule has 2 bridgehead atoms. The summed E-state index contributed by atoms with van der Waals surface area (Å²) in [4.78, 5) is 49.7. The van der Waals surface area contributed by atoms with Crippen molar-refractivity contribution in [2.45, 2.75) is 81.6 Å². The van der Waals surface area contributed by atoms with Crippen LogP contribution in [0.1, 0.15) is 51.4 Å². The molecular formula is C17H24N4O4. The van der Waals surface area contributed by atoms with Crippen LogP contribution in [0.25, 0.3) is 0 Å². The van der Waals surface area contributed by atoms with E-state index in [0.29, 0.717) is 25.7 Å². The number of piperidine rings is 1. The normalized spacial score (nSPS) is 37.0. The molecule has 136 valence electrons. The minimum Gasteiger partial charge on any atom is -0.351 e. The van der Waals surface area contributed by atoms with E-state index in [9.17, 15) is 19.2 Å². The Labute approximate surface area is 146 Å². The van der Waals surface area contributed by atoms with E-state index in [1.165, 1.54) is 0 Å². The Bertz CT molecular complexity index is 608. The zero-order chi connectivity index (χ0) is 17.6. The minimum absolute atomic E-state index is 0.0335. The Morgan fingerprint density at radius 2 is 1.44 bits per heavy atom. The topological polar surface area (TPSA) is 108 Å². The van der Waals surface area contributed by atoms with E-state index in [0.717, 1.165) is 25.7 Å². The van der Waals surface area contributed by atoms with Crippen LogP contribution < -0.4 is 16.0 Å². The summed E-state index contributed by atoms with van der Waals surface area (Å²) >= 11 is 0. The van der Waals surface area contributed by atoms with Crippen LogP contribution in [0, 0.1) is 0 Å². The Balaban J connectivity index is 1.35. The predicted octanol–water partition coefficient (Wildman–Crippen LogP) is -0.818. The fourth-order valence-electron chi connectivity index (χ4n) is 4.75. The molecule has 0 aromatic heterocycles. The molecule has 4 heterocycles. The first-order valence-corrected chi connectivity index (χ1v) is 9.22. The fraction of sp³-hybridized carbons (Fsp3) is 0.765. The first-order chi connectivity index (χ1) is 12.0. The van der Waals surface area contributed by atoms with E-state index in [1.807, 2.05) is 4.90 Å². The van der Waals surface area contributed by atoms with Crippen LogP contribution in [0.15, 0.2) is 0 Å². The van der Waals surface area contributed by atoms with Gasteiger partial charge >= 0.3 is 0 Å². The van der Waals surface area contributed by atoms with E-state index in [2.05, 4.69) is 16.0 Å².